The molecule has 1 aliphatic carbocycles. The largest absolute Gasteiger partial charge is 0.433 e. The summed E-state index contributed by atoms with van der Waals surface area (Å²) in [5.74, 6) is -1.86. The number of rotatable bonds is 7. The summed E-state index contributed by atoms with van der Waals surface area (Å²) in [6.07, 6.45) is -3.50. The molecule has 2 aliphatic rings. The molecule has 2 fully saturated rings. The van der Waals surface area contributed by atoms with Crippen molar-refractivity contribution in [2.45, 2.75) is 55.0 Å². The van der Waals surface area contributed by atoms with Gasteiger partial charge in [0.2, 0.25) is 10.0 Å². The molecule has 13 heteroatoms. The summed E-state index contributed by atoms with van der Waals surface area (Å²) in [5, 5.41) is 0. The first-order chi connectivity index (χ1) is 17.9. The third-order valence-corrected chi connectivity index (χ3v) is 8.91. The SMILES string of the molecule is O=C(CCc1cc(-c2ccc(C(F)(F)F)nc2)ncn1)C1C2CC(CC2F)N1S(=O)(=O)c1ccc(F)cc1. The maximum Gasteiger partial charge on any atom is 0.433 e. The monoisotopic (exact) mass is 552 g/mol. The summed E-state index contributed by atoms with van der Waals surface area (Å²) in [6.45, 7) is 0. The van der Waals surface area contributed by atoms with E-state index in [-0.39, 0.29) is 30.6 Å². The van der Waals surface area contributed by atoms with Gasteiger partial charge < -0.3 is 0 Å². The lowest BCUT2D eigenvalue weighted by Crippen LogP contribution is -2.51. The molecule has 0 radical (unpaired) electrons. The van der Waals surface area contributed by atoms with Crippen molar-refractivity contribution >= 4 is 15.8 Å². The van der Waals surface area contributed by atoms with E-state index < -0.39 is 57.7 Å². The van der Waals surface area contributed by atoms with Gasteiger partial charge in [-0.3, -0.25) is 9.78 Å². The Morgan fingerprint density at radius 3 is 2.42 bits per heavy atom. The average molecular weight is 553 g/mol. The van der Waals surface area contributed by atoms with Gasteiger partial charge in [0, 0.05) is 35.8 Å². The minimum Gasteiger partial charge on any atom is -0.298 e. The number of halogens is 5. The number of hydrogen-bond acceptors (Lipinski definition) is 6. The van der Waals surface area contributed by atoms with Gasteiger partial charge in [-0.25, -0.2) is 27.2 Å². The molecule has 1 aromatic carbocycles. The maximum absolute atomic E-state index is 14.6. The van der Waals surface area contributed by atoms with Crippen LogP contribution in [0, 0.1) is 11.7 Å². The van der Waals surface area contributed by atoms with E-state index in [1.54, 1.807) is 0 Å². The number of benzene rings is 1. The maximum atomic E-state index is 14.6. The van der Waals surface area contributed by atoms with Gasteiger partial charge in [-0.05, 0) is 61.7 Å². The van der Waals surface area contributed by atoms with E-state index in [0.29, 0.717) is 17.0 Å². The molecule has 1 saturated heterocycles. The molecule has 1 aliphatic heterocycles. The van der Waals surface area contributed by atoms with Crippen LogP contribution in [0.4, 0.5) is 22.0 Å². The number of carbonyl (C=O) groups excluding carboxylic acids is 1. The van der Waals surface area contributed by atoms with E-state index in [1.807, 2.05) is 0 Å². The zero-order chi connectivity index (χ0) is 27.2. The number of aromatic nitrogens is 3. The molecule has 0 amide bonds. The number of aryl methyl sites for hydroxylation is 1. The zero-order valence-electron chi connectivity index (χ0n) is 19.6. The Kier molecular flexibility index (Phi) is 6.76. The fourth-order valence-corrected chi connectivity index (χ4v) is 7.06. The average Bonchev–Trinajstić information content (AvgIpc) is 3.45. The van der Waals surface area contributed by atoms with Gasteiger partial charge in [0.05, 0.1) is 16.6 Å². The molecule has 5 rings (SSSR count). The number of pyridine rings is 1. The molecular weight excluding hydrogens is 531 g/mol. The fourth-order valence-electron chi connectivity index (χ4n) is 5.20. The Morgan fingerprint density at radius 1 is 1.03 bits per heavy atom. The van der Waals surface area contributed by atoms with Crippen LogP contribution < -0.4 is 0 Å². The Morgan fingerprint density at radius 2 is 1.76 bits per heavy atom. The zero-order valence-corrected chi connectivity index (χ0v) is 20.5. The van der Waals surface area contributed by atoms with E-state index in [1.165, 1.54) is 18.5 Å². The molecule has 7 nitrogen and oxygen atoms in total. The van der Waals surface area contributed by atoms with Gasteiger partial charge in [0.25, 0.3) is 0 Å². The highest BCUT2D eigenvalue weighted by atomic mass is 32.2. The molecule has 3 heterocycles. The molecule has 4 unspecified atom stereocenters. The van der Waals surface area contributed by atoms with Gasteiger partial charge in [-0.1, -0.05) is 0 Å². The summed E-state index contributed by atoms with van der Waals surface area (Å²) in [6, 6.07) is 5.94. The summed E-state index contributed by atoms with van der Waals surface area (Å²) in [4.78, 5) is 24.7. The fraction of sp³-hybridized carbons (Fsp3) is 0.360. The second-order valence-electron chi connectivity index (χ2n) is 9.33. The van der Waals surface area contributed by atoms with Crippen molar-refractivity contribution in [3.05, 3.63) is 72.2 Å². The number of fused-ring (bicyclic) bond motifs is 2. The summed E-state index contributed by atoms with van der Waals surface area (Å²) in [7, 11) is -4.18. The Hall–Kier alpha value is -3.32. The summed E-state index contributed by atoms with van der Waals surface area (Å²) < 4.78 is 94.1. The first kappa shape index (κ1) is 26.3. The van der Waals surface area contributed by atoms with E-state index in [2.05, 4.69) is 15.0 Å². The van der Waals surface area contributed by atoms with Crippen LogP contribution in [0.5, 0.6) is 0 Å². The smallest absolute Gasteiger partial charge is 0.298 e. The molecule has 0 N–H and O–H groups in total. The number of nitrogens with zero attached hydrogens (tertiary/aromatic N) is 4. The number of hydrogen-bond donors (Lipinski definition) is 0. The third-order valence-electron chi connectivity index (χ3n) is 6.97. The second-order valence-corrected chi connectivity index (χ2v) is 11.2. The van der Waals surface area contributed by atoms with Crippen molar-refractivity contribution in [3.63, 3.8) is 0 Å². The minimum atomic E-state index is -4.58. The van der Waals surface area contributed by atoms with Gasteiger partial charge in [-0.15, -0.1) is 0 Å². The molecular formula is C25H21F5N4O3S. The van der Waals surface area contributed by atoms with E-state index in [4.69, 9.17) is 0 Å². The molecule has 1 saturated carbocycles. The van der Waals surface area contributed by atoms with Gasteiger partial charge in [0.1, 0.15) is 24.0 Å². The number of alkyl halides is 4. The van der Waals surface area contributed by atoms with E-state index >= 15 is 0 Å². The van der Waals surface area contributed by atoms with Crippen molar-refractivity contribution < 1.29 is 35.2 Å². The Balaban J connectivity index is 1.33. The van der Waals surface area contributed by atoms with Crippen molar-refractivity contribution in [2.24, 2.45) is 5.92 Å². The third kappa shape index (κ3) is 4.92. The number of Topliss-reactive ketones (excluding diaryl/α,β-unsaturated/α-hetero) is 1. The lowest BCUT2D eigenvalue weighted by Gasteiger charge is -2.34. The number of piperidine rings is 1. The molecule has 2 aromatic heterocycles. The first-order valence-electron chi connectivity index (χ1n) is 11.8. The van der Waals surface area contributed by atoms with Crippen LogP contribution in [0.15, 0.2) is 59.9 Å². The molecule has 200 valence electrons. The predicted molar refractivity (Wildman–Crippen MR) is 124 cm³/mol. The van der Waals surface area contributed by atoms with Crippen LogP contribution in [0.25, 0.3) is 11.3 Å². The first-order valence-corrected chi connectivity index (χ1v) is 13.2. The van der Waals surface area contributed by atoms with E-state index in [0.717, 1.165) is 40.8 Å². The molecule has 3 aromatic rings. The van der Waals surface area contributed by atoms with Crippen molar-refractivity contribution in [3.8, 4) is 11.3 Å². The Labute approximate surface area is 214 Å². The highest BCUT2D eigenvalue weighted by molar-refractivity contribution is 7.89. The minimum absolute atomic E-state index is 0.00863. The summed E-state index contributed by atoms with van der Waals surface area (Å²) >= 11 is 0. The molecule has 4 atom stereocenters. The number of sulfonamides is 1. The lowest BCUT2D eigenvalue weighted by atomic mass is 9.92. The van der Waals surface area contributed by atoms with Gasteiger partial charge in [0.15, 0.2) is 5.78 Å². The van der Waals surface area contributed by atoms with Crippen LogP contribution in [-0.2, 0) is 27.4 Å². The van der Waals surface area contributed by atoms with Crippen molar-refractivity contribution in [1.82, 2.24) is 19.3 Å². The van der Waals surface area contributed by atoms with Gasteiger partial charge >= 0.3 is 6.18 Å². The van der Waals surface area contributed by atoms with Crippen LogP contribution in [0.1, 0.15) is 30.7 Å². The molecule has 0 spiro atoms. The standard InChI is InChI=1S/C25H21F5N4O3S/c26-15-2-5-18(6-3-15)38(36,37)34-17-10-19(20(27)11-17)24(34)22(35)7-4-16-9-21(33-13-32-16)14-1-8-23(31-12-14)25(28,29)30/h1-3,5-6,8-9,12-13,17,19-20,24H,4,7,10-11H2. The number of carbonyl (C=O) groups is 1. The van der Waals surface area contributed by atoms with Crippen molar-refractivity contribution in [1.29, 1.82) is 0 Å². The topological polar surface area (TPSA) is 93.1 Å². The quantitative estimate of drug-likeness (QED) is 0.404. The van der Waals surface area contributed by atoms with E-state index in [9.17, 15) is 35.2 Å². The highest BCUT2D eigenvalue weighted by Gasteiger charge is 2.58. The highest BCUT2D eigenvalue weighted by Crippen LogP contribution is 2.47. The summed E-state index contributed by atoms with van der Waals surface area (Å²) in [5.41, 5.74) is -0.0275. The normalized spacial score (nSPS) is 23.6. The molecule has 2 bridgehead atoms. The van der Waals surface area contributed by atoms with Gasteiger partial charge in [-0.2, -0.15) is 17.5 Å². The Bertz CT molecular complexity index is 1450. The van der Waals surface area contributed by atoms with Crippen LogP contribution in [0.2, 0.25) is 0 Å². The van der Waals surface area contributed by atoms with Crippen LogP contribution in [-0.4, -0.2) is 51.7 Å². The lowest BCUT2D eigenvalue weighted by molar-refractivity contribution is -0.141. The number of ketones is 1. The second kappa shape index (κ2) is 9.77. The van der Waals surface area contributed by atoms with Crippen LogP contribution in [0.3, 0.4) is 0 Å². The predicted octanol–water partition coefficient (Wildman–Crippen LogP) is 4.39. The van der Waals surface area contributed by atoms with Crippen molar-refractivity contribution in [2.75, 3.05) is 0 Å². The molecule has 38 heavy (non-hydrogen) atoms. The van der Waals surface area contributed by atoms with Crippen LogP contribution >= 0.6 is 0 Å².